The maximum absolute atomic E-state index is 13.7. The first-order valence-corrected chi connectivity index (χ1v) is 5.37. The fraction of sp³-hybridized carbons (Fsp3) is 0.417. The molecule has 0 saturated heterocycles. The van der Waals surface area contributed by atoms with Crippen LogP contribution in [0, 0.1) is 23.0 Å². The van der Waals surface area contributed by atoms with Crippen molar-refractivity contribution in [3.8, 4) is 0 Å². The molecule has 94 valence electrons. The van der Waals surface area contributed by atoms with E-state index in [1.165, 1.54) is 4.90 Å². The summed E-state index contributed by atoms with van der Waals surface area (Å²) in [6.45, 7) is 4.49. The van der Waals surface area contributed by atoms with Gasteiger partial charge in [-0.3, -0.25) is 5.41 Å². The molecule has 0 aromatic heterocycles. The summed E-state index contributed by atoms with van der Waals surface area (Å²) in [5.74, 6) is -1.44. The van der Waals surface area contributed by atoms with Crippen LogP contribution in [-0.2, 0) is 0 Å². The monoisotopic (exact) mass is 241 g/mol. The number of amidine groups is 1. The summed E-state index contributed by atoms with van der Waals surface area (Å²) in [7, 11) is 1.63. The van der Waals surface area contributed by atoms with E-state index in [0.29, 0.717) is 12.5 Å². The van der Waals surface area contributed by atoms with Crippen molar-refractivity contribution in [3.05, 3.63) is 29.3 Å². The smallest absolute Gasteiger partial charge is 0.150 e. The predicted octanol–water partition coefficient (Wildman–Crippen LogP) is 2.34. The van der Waals surface area contributed by atoms with Crippen LogP contribution in [-0.4, -0.2) is 19.4 Å². The molecule has 0 aliphatic heterocycles. The molecular weight excluding hydrogens is 224 g/mol. The Labute approximate surface area is 99.7 Å². The molecule has 3 nitrogen and oxygen atoms in total. The Morgan fingerprint density at radius 2 is 1.82 bits per heavy atom. The zero-order valence-electron chi connectivity index (χ0n) is 10.2. The Morgan fingerprint density at radius 1 is 1.35 bits per heavy atom. The van der Waals surface area contributed by atoms with Crippen molar-refractivity contribution in [1.29, 1.82) is 5.41 Å². The van der Waals surface area contributed by atoms with E-state index in [1.807, 2.05) is 13.8 Å². The molecule has 1 aromatic carbocycles. The summed E-state index contributed by atoms with van der Waals surface area (Å²) >= 11 is 0. The summed E-state index contributed by atoms with van der Waals surface area (Å²) < 4.78 is 27.5. The van der Waals surface area contributed by atoms with Gasteiger partial charge in [0, 0.05) is 19.2 Å². The van der Waals surface area contributed by atoms with Crippen molar-refractivity contribution < 1.29 is 8.78 Å². The number of nitrogens with two attached hydrogens (primary N) is 1. The van der Waals surface area contributed by atoms with Crippen LogP contribution in [0.3, 0.4) is 0 Å². The lowest BCUT2D eigenvalue weighted by Crippen LogP contribution is -2.25. The molecular formula is C12H17F2N3. The Hall–Kier alpha value is -1.65. The average Bonchev–Trinajstić information content (AvgIpc) is 2.14. The zero-order valence-corrected chi connectivity index (χ0v) is 10.2. The van der Waals surface area contributed by atoms with Crippen molar-refractivity contribution in [2.75, 3.05) is 18.5 Å². The summed E-state index contributed by atoms with van der Waals surface area (Å²) in [4.78, 5) is 1.53. The number of halogens is 2. The molecule has 0 aliphatic rings. The number of anilines is 1. The third-order valence-corrected chi connectivity index (χ3v) is 2.35. The van der Waals surface area contributed by atoms with E-state index in [2.05, 4.69) is 0 Å². The second-order valence-electron chi connectivity index (χ2n) is 4.48. The number of nitrogens with zero attached hydrogens (tertiary/aromatic N) is 1. The summed E-state index contributed by atoms with van der Waals surface area (Å²) in [5, 5.41) is 7.15. The van der Waals surface area contributed by atoms with Crippen LogP contribution in [0.1, 0.15) is 19.4 Å². The third-order valence-electron chi connectivity index (χ3n) is 2.35. The van der Waals surface area contributed by atoms with Gasteiger partial charge in [-0.2, -0.15) is 0 Å². The molecule has 0 bridgehead atoms. The second-order valence-corrected chi connectivity index (χ2v) is 4.48. The van der Waals surface area contributed by atoms with Crippen molar-refractivity contribution >= 4 is 11.5 Å². The van der Waals surface area contributed by atoms with Crippen LogP contribution in [0.2, 0.25) is 0 Å². The van der Waals surface area contributed by atoms with E-state index in [1.54, 1.807) is 7.05 Å². The van der Waals surface area contributed by atoms with Crippen molar-refractivity contribution in [2.24, 2.45) is 11.7 Å². The van der Waals surface area contributed by atoms with Crippen molar-refractivity contribution in [2.45, 2.75) is 13.8 Å². The number of nitrogen functional groups attached to an aromatic ring is 1. The Bertz CT molecular complexity index is 407. The highest BCUT2D eigenvalue weighted by atomic mass is 19.1. The van der Waals surface area contributed by atoms with Crippen LogP contribution in [0.15, 0.2) is 12.1 Å². The topological polar surface area (TPSA) is 53.1 Å². The van der Waals surface area contributed by atoms with E-state index in [-0.39, 0.29) is 17.1 Å². The van der Waals surface area contributed by atoms with Crippen molar-refractivity contribution in [1.82, 2.24) is 0 Å². The Morgan fingerprint density at radius 3 is 2.18 bits per heavy atom. The van der Waals surface area contributed by atoms with Gasteiger partial charge >= 0.3 is 0 Å². The fourth-order valence-electron chi connectivity index (χ4n) is 1.72. The Kier molecular flexibility index (Phi) is 4.04. The first-order chi connectivity index (χ1) is 7.82. The minimum Gasteiger partial charge on any atom is -0.384 e. The average molecular weight is 241 g/mol. The quantitative estimate of drug-likeness (QED) is 0.628. The maximum atomic E-state index is 13.7. The van der Waals surface area contributed by atoms with Gasteiger partial charge in [0.15, 0.2) is 0 Å². The number of hydrogen-bond donors (Lipinski definition) is 2. The van der Waals surface area contributed by atoms with Gasteiger partial charge in [0.05, 0.1) is 0 Å². The minimum atomic E-state index is -0.696. The summed E-state index contributed by atoms with van der Waals surface area (Å²) in [6.07, 6.45) is 0. The van der Waals surface area contributed by atoms with E-state index in [4.69, 9.17) is 11.1 Å². The molecule has 0 fully saturated rings. The molecule has 0 spiro atoms. The molecule has 0 unspecified atom stereocenters. The van der Waals surface area contributed by atoms with E-state index < -0.39 is 11.6 Å². The Balaban J connectivity index is 3.13. The minimum absolute atomic E-state index is 0.0571. The molecule has 17 heavy (non-hydrogen) atoms. The second kappa shape index (κ2) is 5.12. The van der Waals surface area contributed by atoms with Gasteiger partial charge in [0.2, 0.25) is 0 Å². The van der Waals surface area contributed by atoms with Crippen LogP contribution in [0.25, 0.3) is 0 Å². The molecule has 0 atom stereocenters. The molecule has 1 aromatic rings. The first-order valence-electron chi connectivity index (χ1n) is 5.37. The van der Waals surface area contributed by atoms with Gasteiger partial charge in [0.1, 0.15) is 23.2 Å². The standard InChI is InChI=1S/C12H17F2N3/c1-7(2)6-17(3)11-9(13)4-8(12(15)16)5-10(11)14/h4-5,7H,6H2,1-3H3,(H3,15,16). The predicted molar refractivity (Wildman–Crippen MR) is 65.5 cm³/mol. The maximum Gasteiger partial charge on any atom is 0.150 e. The lowest BCUT2D eigenvalue weighted by atomic mass is 10.1. The largest absolute Gasteiger partial charge is 0.384 e. The summed E-state index contributed by atoms with van der Waals surface area (Å²) in [6, 6.07) is 2.16. The molecule has 1 rings (SSSR count). The zero-order chi connectivity index (χ0) is 13.2. The molecule has 0 saturated carbocycles. The third kappa shape index (κ3) is 3.15. The summed E-state index contributed by atoms with van der Waals surface area (Å²) in [5.41, 5.74) is 5.17. The molecule has 0 heterocycles. The van der Waals surface area contributed by atoms with E-state index in [0.717, 1.165) is 12.1 Å². The SMILES string of the molecule is CC(C)CN(C)c1c(F)cc(C(=N)N)cc1F. The normalized spacial score (nSPS) is 10.7. The van der Waals surface area contributed by atoms with Crippen LogP contribution in [0.4, 0.5) is 14.5 Å². The first kappa shape index (κ1) is 13.4. The molecule has 0 aliphatic carbocycles. The lowest BCUT2D eigenvalue weighted by Gasteiger charge is -2.22. The molecule has 3 N–H and O–H groups in total. The van der Waals surface area contributed by atoms with Crippen LogP contribution >= 0.6 is 0 Å². The number of nitrogens with one attached hydrogen (secondary N) is 1. The van der Waals surface area contributed by atoms with Gasteiger partial charge < -0.3 is 10.6 Å². The van der Waals surface area contributed by atoms with Gasteiger partial charge in [-0.1, -0.05) is 13.8 Å². The lowest BCUT2D eigenvalue weighted by molar-refractivity contribution is 0.560. The van der Waals surface area contributed by atoms with Gasteiger partial charge in [-0.05, 0) is 18.1 Å². The van der Waals surface area contributed by atoms with Gasteiger partial charge in [-0.15, -0.1) is 0 Å². The number of rotatable bonds is 4. The van der Waals surface area contributed by atoms with Gasteiger partial charge in [0.25, 0.3) is 0 Å². The van der Waals surface area contributed by atoms with Gasteiger partial charge in [-0.25, -0.2) is 8.78 Å². The molecule has 0 radical (unpaired) electrons. The molecule has 0 amide bonds. The fourth-order valence-corrected chi connectivity index (χ4v) is 1.72. The molecule has 5 heteroatoms. The van der Waals surface area contributed by atoms with Crippen LogP contribution < -0.4 is 10.6 Å². The highest BCUT2D eigenvalue weighted by molar-refractivity contribution is 5.95. The highest BCUT2D eigenvalue weighted by Crippen LogP contribution is 2.24. The van der Waals surface area contributed by atoms with E-state index >= 15 is 0 Å². The van der Waals surface area contributed by atoms with E-state index in [9.17, 15) is 8.78 Å². The van der Waals surface area contributed by atoms with Crippen LogP contribution in [0.5, 0.6) is 0 Å². The van der Waals surface area contributed by atoms with Crippen molar-refractivity contribution in [3.63, 3.8) is 0 Å². The highest BCUT2D eigenvalue weighted by Gasteiger charge is 2.16. The number of benzene rings is 1. The number of hydrogen-bond acceptors (Lipinski definition) is 2.